The van der Waals surface area contributed by atoms with Gasteiger partial charge in [0.05, 0.1) is 16.4 Å². The second kappa shape index (κ2) is 5.83. The molecule has 0 amide bonds. The normalized spacial score (nSPS) is 23.4. The molecule has 1 aliphatic heterocycles. The molecule has 0 spiro atoms. The molecule has 1 aliphatic rings. The minimum absolute atomic E-state index is 0.0261. The quantitative estimate of drug-likeness (QED) is 0.595. The number of nitrogens with one attached hydrogen (secondary N) is 1. The van der Waals surface area contributed by atoms with Crippen LogP contribution in [0.3, 0.4) is 0 Å². The Morgan fingerprint density at radius 3 is 2.55 bits per heavy atom. The molecular weight excluding hydrogens is 286 g/mol. The SMILES string of the molecule is N[C@@H]1COCC[C@@H]1NS(=O)(=O)c1ccc([N+](=O)[O-])cc1. The van der Waals surface area contributed by atoms with Crippen LogP contribution in [-0.4, -0.2) is 38.6 Å². The molecule has 1 aromatic rings. The van der Waals surface area contributed by atoms with Crippen LogP contribution in [0.15, 0.2) is 29.2 Å². The van der Waals surface area contributed by atoms with Crippen LogP contribution in [0.4, 0.5) is 5.69 Å². The highest BCUT2D eigenvalue weighted by Gasteiger charge is 2.27. The summed E-state index contributed by atoms with van der Waals surface area (Å²) in [6.45, 7) is 0.745. The van der Waals surface area contributed by atoms with Crippen LogP contribution in [0, 0.1) is 10.1 Å². The molecule has 3 N–H and O–H groups in total. The van der Waals surface area contributed by atoms with Crippen LogP contribution in [0.1, 0.15) is 6.42 Å². The molecule has 1 fully saturated rings. The maximum absolute atomic E-state index is 12.1. The van der Waals surface area contributed by atoms with E-state index in [2.05, 4.69) is 4.72 Å². The predicted molar refractivity (Wildman–Crippen MR) is 70.6 cm³/mol. The number of hydrogen-bond acceptors (Lipinski definition) is 6. The molecule has 8 nitrogen and oxygen atoms in total. The van der Waals surface area contributed by atoms with Gasteiger partial charge in [0.15, 0.2) is 0 Å². The summed E-state index contributed by atoms with van der Waals surface area (Å²) < 4.78 is 31.9. The van der Waals surface area contributed by atoms with Crippen molar-refractivity contribution in [3.63, 3.8) is 0 Å². The van der Waals surface area contributed by atoms with E-state index in [1.54, 1.807) is 0 Å². The molecule has 2 atom stereocenters. The molecule has 0 aliphatic carbocycles. The Balaban J connectivity index is 2.15. The third-order valence-corrected chi connectivity index (χ3v) is 4.57. The average molecular weight is 301 g/mol. The summed E-state index contributed by atoms with van der Waals surface area (Å²) in [6.07, 6.45) is 0.493. The van der Waals surface area contributed by atoms with E-state index < -0.39 is 27.0 Å². The van der Waals surface area contributed by atoms with Gasteiger partial charge in [0.2, 0.25) is 10.0 Å². The van der Waals surface area contributed by atoms with Gasteiger partial charge < -0.3 is 10.5 Å². The van der Waals surface area contributed by atoms with Crippen molar-refractivity contribution in [2.24, 2.45) is 5.73 Å². The number of hydrogen-bond donors (Lipinski definition) is 2. The largest absolute Gasteiger partial charge is 0.380 e. The second-order valence-electron chi connectivity index (χ2n) is 4.51. The maximum atomic E-state index is 12.1. The predicted octanol–water partition coefficient (Wildman–Crippen LogP) is -0.0107. The van der Waals surface area contributed by atoms with Crippen molar-refractivity contribution in [1.82, 2.24) is 4.72 Å². The fourth-order valence-corrected chi connectivity index (χ4v) is 3.24. The Morgan fingerprint density at radius 1 is 1.35 bits per heavy atom. The van der Waals surface area contributed by atoms with Crippen LogP contribution in [-0.2, 0) is 14.8 Å². The first-order valence-corrected chi connectivity index (χ1v) is 7.48. The van der Waals surface area contributed by atoms with E-state index in [0.29, 0.717) is 19.6 Å². The van der Waals surface area contributed by atoms with Gasteiger partial charge >= 0.3 is 0 Å². The minimum Gasteiger partial charge on any atom is -0.380 e. The van der Waals surface area contributed by atoms with Crippen LogP contribution >= 0.6 is 0 Å². The molecule has 1 saturated heterocycles. The highest BCUT2D eigenvalue weighted by molar-refractivity contribution is 7.89. The first kappa shape index (κ1) is 14.9. The Labute approximate surface area is 116 Å². The highest BCUT2D eigenvalue weighted by Crippen LogP contribution is 2.17. The summed E-state index contributed by atoms with van der Waals surface area (Å²) in [5, 5.41) is 10.5. The van der Waals surface area contributed by atoms with Crippen molar-refractivity contribution in [2.45, 2.75) is 23.4 Å². The first-order valence-electron chi connectivity index (χ1n) is 6.00. The molecule has 0 aromatic heterocycles. The molecule has 0 radical (unpaired) electrons. The zero-order chi connectivity index (χ0) is 14.8. The summed E-state index contributed by atoms with van der Waals surface area (Å²) in [7, 11) is -3.74. The van der Waals surface area contributed by atoms with Crippen molar-refractivity contribution in [2.75, 3.05) is 13.2 Å². The monoisotopic (exact) mass is 301 g/mol. The lowest BCUT2D eigenvalue weighted by Gasteiger charge is -2.29. The van der Waals surface area contributed by atoms with Crippen LogP contribution in [0.2, 0.25) is 0 Å². The van der Waals surface area contributed by atoms with Crippen molar-refractivity contribution >= 4 is 15.7 Å². The fourth-order valence-electron chi connectivity index (χ4n) is 1.92. The van der Waals surface area contributed by atoms with E-state index in [-0.39, 0.29) is 10.6 Å². The van der Waals surface area contributed by atoms with Gasteiger partial charge in [-0.1, -0.05) is 0 Å². The fraction of sp³-hybridized carbons (Fsp3) is 0.455. The Morgan fingerprint density at radius 2 is 2.00 bits per heavy atom. The van der Waals surface area contributed by atoms with Crippen molar-refractivity contribution in [3.05, 3.63) is 34.4 Å². The van der Waals surface area contributed by atoms with Crippen LogP contribution in [0.5, 0.6) is 0 Å². The lowest BCUT2D eigenvalue weighted by atomic mass is 10.1. The molecule has 1 aromatic carbocycles. The van der Waals surface area contributed by atoms with Gasteiger partial charge in [0.1, 0.15) is 0 Å². The second-order valence-corrected chi connectivity index (χ2v) is 6.22. The Kier molecular flexibility index (Phi) is 4.33. The number of ether oxygens (including phenoxy) is 1. The lowest BCUT2D eigenvalue weighted by molar-refractivity contribution is -0.384. The number of nitro groups is 1. The van der Waals surface area contributed by atoms with E-state index in [4.69, 9.17) is 10.5 Å². The summed E-state index contributed by atoms with van der Waals surface area (Å²) in [4.78, 5) is 9.92. The molecule has 0 unspecified atom stereocenters. The van der Waals surface area contributed by atoms with Crippen molar-refractivity contribution < 1.29 is 18.1 Å². The number of nitrogens with two attached hydrogens (primary N) is 1. The van der Waals surface area contributed by atoms with Crippen LogP contribution < -0.4 is 10.5 Å². The Hall–Kier alpha value is -1.55. The summed E-state index contributed by atoms with van der Waals surface area (Å²) in [5.74, 6) is 0. The smallest absolute Gasteiger partial charge is 0.269 e. The number of non-ortho nitro benzene ring substituents is 1. The molecule has 20 heavy (non-hydrogen) atoms. The number of sulfonamides is 1. The van der Waals surface area contributed by atoms with E-state index in [9.17, 15) is 18.5 Å². The first-order chi connectivity index (χ1) is 9.40. The Bertz CT molecular complexity index is 587. The number of nitro benzene ring substituents is 1. The van der Waals surface area contributed by atoms with Crippen LogP contribution in [0.25, 0.3) is 0 Å². The molecule has 110 valence electrons. The minimum atomic E-state index is -3.74. The van der Waals surface area contributed by atoms with Gasteiger partial charge in [-0.2, -0.15) is 0 Å². The number of benzene rings is 1. The lowest BCUT2D eigenvalue weighted by Crippen LogP contribution is -2.52. The molecular formula is C11H15N3O5S. The van der Waals surface area contributed by atoms with Gasteiger partial charge in [-0.3, -0.25) is 10.1 Å². The van der Waals surface area contributed by atoms with Crippen molar-refractivity contribution in [3.8, 4) is 0 Å². The topological polar surface area (TPSA) is 125 Å². The standard InChI is InChI=1S/C11H15N3O5S/c12-10-7-19-6-5-11(10)13-20(17,18)9-3-1-8(2-4-9)14(15)16/h1-4,10-11,13H,5-7,12H2/t10-,11+/m1/s1. The zero-order valence-corrected chi connectivity index (χ0v) is 11.4. The number of nitrogens with zero attached hydrogens (tertiary/aromatic N) is 1. The van der Waals surface area contributed by atoms with Gasteiger partial charge in [-0.05, 0) is 18.6 Å². The molecule has 9 heteroatoms. The summed E-state index contributed by atoms with van der Waals surface area (Å²) >= 11 is 0. The van der Waals surface area contributed by atoms with Gasteiger partial charge in [-0.15, -0.1) is 0 Å². The van der Waals surface area contributed by atoms with Gasteiger partial charge in [0.25, 0.3) is 5.69 Å². The molecule has 0 saturated carbocycles. The number of rotatable bonds is 4. The summed E-state index contributed by atoms with van der Waals surface area (Å²) in [6, 6.07) is 3.90. The third-order valence-electron chi connectivity index (χ3n) is 3.06. The van der Waals surface area contributed by atoms with E-state index in [1.807, 2.05) is 0 Å². The highest BCUT2D eigenvalue weighted by atomic mass is 32.2. The van der Waals surface area contributed by atoms with E-state index in [1.165, 1.54) is 12.1 Å². The zero-order valence-electron chi connectivity index (χ0n) is 10.6. The molecule has 0 bridgehead atoms. The third kappa shape index (κ3) is 3.31. The molecule has 2 rings (SSSR count). The van der Waals surface area contributed by atoms with E-state index >= 15 is 0 Å². The maximum Gasteiger partial charge on any atom is 0.269 e. The summed E-state index contributed by atoms with van der Waals surface area (Å²) in [5.41, 5.74) is 5.63. The van der Waals surface area contributed by atoms with Gasteiger partial charge in [-0.25, -0.2) is 13.1 Å². The van der Waals surface area contributed by atoms with E-state index in [0.717, 1.165) is 12.1 Å². The van der Waals surface area contributed by atoms with Crippen molar-refractivity contribution in [1.29, 1.82) is 0 Å². The van der Waals surface area contributed by atoms with Gasteiger partial charge in [0, 0.05) is 30.8 Å². The molecule has 1 heterocycles. The average Bonchev–Trinajstić information content (AvgIpc) is 2.41.